The Morgan fingerprint density at radius 2 is 1.64 bits per heavy atom. The number of carbonyl (C=O) groups excluding carboxylic acids is 1. The minimum atomic E-state index is 0.0773. The molecule has 0 unspecified atom stereocenters. The van der Waals surface area contributed by atoms with E-state index in [1.165, 1.54) is 16.7 Å². The van der Waals surface area contributed by atoms with Gasteiger partial charge in [0.05, 0.1) is 0 Å². The average molecular weight is 431 g/mol. The molecule has 4 aromatic rings. The number of terminal acetylenes is 1. The van der Waals surface area contributed by atoms with Crippen LogP contribution in [0.1, 0.15) is 56.6 Å². The van der Waals surface area contributed by atoms with Crippen molar-refractivity contribution in [3.05, 3.63) is 118 Å². The minimum Gasteiger partial charge on any atom is -0.295 e. The van der Waals surface area contributed by atoms with E-state index in [2.05, 4.69) is 36.9 Å². The lowest BCUT2D eigenvalue weighted by atomic mass is 9.92. The first-order valence-corrected chi connectivity index (χ1v) is 11.0. The van der Waals surface area contributed by atoms with Gasteiger partial charge in [0.1, 0.15) is 5.82 Å². The van der Waals surface area contributed by atoms with E-state index in [0.29, 0.717) is 6.42 Å². The van der Waals surface area contributed by atoms with Crippen LogP contribution in [0.25, 0.3) is 11.1 Å². The summed E-state index contributed by atoms with van der Waals surface area (Å²) >= 11 is 0. The van der Waals surface area contributed by atoms with Crippen LogP contribution in [0.2, 0.25) is 0 Å². The van der Waals surface area contributed by atoms with Crippen LogP contribution in [0.5, 0.6) is 0 Å². The van der Waals surface area contributed by atoms with Crippen LogP contribution in [0.3, 0.4) is 0 Å². The minimum absolute atomic E-state index is 0.0773. The molecule has 1 aromatic heterocycles. The summed E-state index contributed by atoms with van der Waals surface area (Å²) in [5, 5.41) is 0. The van der Waals surface area contributed by atoms with E-state index in [0.717, 1.165) is 45.8 Å². The molecule has 0 aliphatic heterocycles. The van der Waals surface area contributed by atoms with Gasteiger partial charge in [0.25, 0.3) is 0 Å². The highest BCUT2D eigenvalue weighted by Gasteiger charge is 2.11. The highest BCUT2D eigenvalue weighted by molar-refractivity contribution is 5.95. The third-order valence-corrected chi connectivity index (χ3v) is 5.90. The van der Waals surface area contributed by atoms with Crippen molar-refractivity contribution in [3.63, 3.8) is 0 Å². The quantitative estimate of drug-likeness (QED) is 0.273. The third-order valence-electron chi connectivity index (χ3n) is 5.90. The number of aryl methyl sites for hydroxylation is 2. The second-order valence-electron chi connectivity index (χ2n) is 8.38. The maximum atomic E-state index is 11.8. The smallest absolute Gasteiger partial charge is 0.159 e. The number of aromatic nitrogens is 2. The largest absolute Gasteiger partial charge is 0.295 e. The summed E-state index contributed by atoms with van der Waals surface area (Å²) in [5.74, 6) is 3.52. The summed E-state index contributed by atoms with van der Waals surface area (Å²) in [5.41, 5.74) is 9.60. The van der Waals surface area contributed by atoms with E-state index in [-0.39, 0.29) is 5.78 Å². The molecule has 0 amide bonds. The fraction of sp³-hybridized carbons (Fsp3) is 0.167. The van der Waals surface area contributed by atoms with Crippen LogP contribution in [0.15, 0.2) is 72.9 Å². The van der Waals surface area contributed by atoms with E-state index in [4.69, 9.17) is 11.4 Å². The Balaban J connectivity index is 1.57. The zero-order valence-corrected chi connectivity index (χ0v) is 19.2. The molecular formula is C30H26N2O. The van der Waals surface area contributed by atoms with E-state index in [1.807, 2.05) is 60.8 Å². The van der Waals surface area contributed by atoms with Crippen LogP contribution in [-0.2, 0) is 12.8 Å². The summed E-state index contributed by atoms with van der Waals surface area (Å²) in [7, 11) is 0. The Hall–Kier alpha value is -4.03. The van der Waals surface area contributed by atoms with Crippen molar-refractivity contribution in [2.75, 3.05) is 0 Å². The number of rotatable bonds is 6. The second kappa shape index (κ2) is 9.63. The number of Topliss-reactive ketones (excluding diaryl/α,β-unsaturated/α-hetero) is 1. The molecule has 3 aromatic carbocycles. The molecule has 0 atom stereocenters. The van der Waals surface area contributed by atoms with Crippen molar-refractivity contribution in [1.82, 2.24) is 9.97 Å². The SMILES string of the molecule is C#Cc1ccc(Cc2nccc(Cc3c(C)cc(-c4cccc(C(C)=O)c4)cc3C)n2)cc1. The van der Waals surface area contributed by atoms with Crippen molar-refractivity contribution in [2.45, 2.75) is 33.6 Å². The summed E-state index contributed by atoms with van der Waals surface area (Å²) in [6.07, 6.45) is 8.69. The number of hydrogen-bond donors (Lipinski definition) is 0. The molecule has 3 heteroatoms. The lowest BCUT2D eigenvalue weighted by molar-refractivity contribution is 0.101. The predicted octanol–water partition coefficient (Wildman–Crippen LogP) is 6.13. The van der Waals surface area contributed by atoms with Gasteiger partial charge in [0.15, 0.2) is 5.78 Å². The molecule has 3 nitrogen and oxygen atoms in total. The van der Waals surface area contributed by atoms with Gasteiger partial charge in [-0.2, -0.15) is 0 Å². The van der Waals surface area contributed by atoms with Crippen LogP contribution in [0, 0.1) is 26.2 Å². The number of carbonyl (C=O) groups is 1. The van der Waals surface area contributed by atoms with E-state index >= 15 is 0 Å². The Labute approximate surface area is 195 Å². The molecule has 33 heavy (non-hydrogen) atoms. The first-order valence-electron chi connectivity index (χ1n) is 11.0. The van der Waals surface area contributed by atoms with Gasteiger partial charge in [0, 0.05) is 35.9 Å². The van der Waals surface area contributed by atoms with Crippen molar-refractivity contribution < 1.29 is 4.79 Å². The van der Waals surface area contributed by atoms with Crippen molar-refractivity contribution in [1.29, 1.82) is 0 Å². The predicted molar refractivity (Wildman–Crippen MR) is 133 cm³/mol. The molecule has 0 saturated carbocycles. The monoisotopic (exact) mass is 430 g/mol. The molecule has 0 bridgehead atoms. The maximum Gasteiger partial charge on any atom is 0.159 e. The highest BCUT2D eigenvalue weighted by atomic mass is 16.1. The maximum absolute atomic E-state index is 11.8. The van der Waals surface area contributed by atoms with Gasteiger partial charge in [-0.1, -0.05) is 48.4 Å². The zero-order valence-electron chi connectivity index (χ0n) is 19.2. The second-order valence-corrected chi connectivity index (χ2v) is 8.38. The topological polar surface area (TPSA) is 42.9 Å². The Morgan fingerprint density at radius 3 is 2.30 bits per heavy atom. The van der Waals surface area contributed by atoms with E-state index in [1.54, 1.807) is 6.92 Å². The molecule has 0 radical (unpaired) electrons. The lowest BCUT2D eigenvalue weighted by Crippen LogP contribution is -2.03. The number of nitrogens with zero attached hydrogens (tertiary/aromatic N) is 2. The molecule has 162 valence electrons. The molecule has 0 N–H and O–H groups in total. The molecular weight excluding hydrogens is 404 g/mol. The van der Waals surface area contributed by atoms with Gasteiger partial charge in [-0.15, -0.1) is 6.42 Å². The van der Waals surface area contributed by atoms with E-state index < -0.39 is 0 Å². The third kappa shape index (κ3) is 5.25. The van der Waals surface area contributed by atoms with Crippen molar-refractivity contribution in [3.8, 4) is 23.5 Å². The van der Waals surface area contributed by atoms with Crippen molar-refractivity contribution >= 4 is 5.78 Å². The molecule has 0 fully saturated rings. The van der Waals surface area contributed by atoms with Crippen LogP contribution in [-0.4, -0.2) is 15.8 Å². The highest BCUT2D eigenvalue weighted by Crippen LogP contribution is 2.27. The summed E-state index contributed by atoms with van der Waals surface area (Å²) in [4.78, 5) is 21.0. The fourth-order valence-electron chi connectivity index (χ4n) is 4.06. The first-order chi connectivity index (χ1) is 15.9. The molecule has 1 heterocycles. The number of ketones is 1. The van der Waals surface area contributed by atoms with Gasteiger partial charge in [0.2, 0.25) is 0 Å². The standard InChI is InChI=1S/C30H26N2O/c1-5-23-9-11-24(12-10-23)17-30-31-14-13-28(32-30)19-29-20(2)15-27(16-21(29)3)26-8-6-7-25(18-26)22(4)33/h1,6-16,18H,17,19H2,2-4H3. The molecule has 0 aliphatic carbocycles. The fourth-order valence-corrected chi connectivity index (χ4v) is 4.06. The van der Waals surface area contributed by atoms with E-state index in [9.17, 15) is 4.79 Å². The zero-order chi connectivity index (χ0) is 23.4. The first kappa shape index (κ1) is 22.2. The number of benzene rings is 3. The van der Waals surface area contributed by atoms with Gasteiger partial charge < -0.3 is 0 Å². The molecule has 0 spiro atoms. The molecule has 0 saturated heterocycles. The van der Waals surface area contributed by atoms with Gasteiger partial charge >= 0.3 is 0 Å². The van der Waals surface area contributed by atoms with Crippen LogP contribution < -0.4 is 0 Å². The van der Waals surface area contributed by atoms with Crippen LogP contribution in [0.4, 0.5) is 0 Å². The Kier molecular flexibility index (Phi) is 6.47. The van der Waals surface area contributed by atoms with Crippen molar-refractivity contribution in [2.24, 2.45) is 0 Å². The Morgan fingerprint density at radius 1 is 0.909 bits per heavy atom. The summed E-state index contributed by atoms with van der Waals surface area (Å²) < 4.78 is 0. The molecule has 4 rings (SSSR count). The van der Waals surface area contributed by atoms with Crippen LogP contribution >= 0.6 is 0 Å². The van der Waals surface area contributed by atoms with Gasteiger partial charge in [-0.25, -0.2) is 9.97 Å². The average Bonchev–Trinajstić information content (AvgIpc) is 2.82. The Bertz CT molecular complexity index is 1340. The normalized spacial score (nSPS) is 10.6. The number of hydrogen-bond acceptors (Lipinski definition) is 3. The van der Waals surface area contributed by atoms with Gasteiger partial charge in [-0.3, -0.25) is 4.79 Å². The summed E-state index contributed by atoms with van der Waals surface area (Å²) in [6.45, 7) is 5.87. The molecule has 0 aliphatic rings. The van der Waals surface area contributed by atoms with Gasteiger partial charge in [-0.05, 0) is 78.4 Å². The summed E-state index contributed by atoms with van der Waals surface area (Å²) in [6, 6.07) is 22.1. The lowest BCUT2D eigenvalue weighted by Gasteiger charge is -2.14.